The number of phenols is 1. The molecule has 1 aliphatic carbocycles. The van der Waals surface area contributed by atoms with E-state index in [4.69, 9.17) is 16.7 Å². The molecule has 4 nitrogen and oxygen atoms in total. The molecule has 3 N–H and O–H groups in total. The number of carbonyl (C=O) groups is 1. The lowest BCUT2D eigenvalue weighted by atomic mass is 10.1. The third-order valence-electron chi connectivity index (χ3n) is 2.53. The Morgan fingerprint density at radius 2 is 2.19 bits per heavy atom. The molecular weight excluding hydrogens is 230 g/mol. The average Bonchev–Trinajstić information content (AvgIpc) is 3.02. The molecule has 1 fully saturated rings. The molecule has 0 radical (unpaired) electrons. The number of hydrogen-bond acceptors (Lipinski definition) is 3. The van der Waals surface area contributed by atoms with Gasteiger partial charge in [0.1, 0.15) is 11.8 Å². The van der Waals surface area contributed by atoms with Crippen molar-refractivity contribution in [3.05, 3.63) is 28.8 Å². The molecule has 2 rings (SSSR count). The summed E-state index contributed by atoms with van der Waals surface area (Å²) in [5.74, 6) is -1.06. The maximum absolute atomic E-state index is 11.1. The summed E-state index contributed by atoms with van der Waals surface area (Å²) in [6.45, 7) is 0. The normalized spacial score (nSPS) is 17.1. The molecule has 86 valence electrons. The molecule has 0 bridgehead atoms. The lowest BCUT2D eigenvalue weighted by Gasteiger charge is -2.15. The Balaban J connectivity index is 2.29. The number of carboxylic acid groups (broad SMARTS) is 1. The minimum Gasteiger partial charge on any atom is -0.508 e. The van der Waals surface area contributed by atoms with E-state index in [1.54, 1.807) is 0 Å². The highest BCUT2D eigenvalue weighted by atomic mass is 35.5. The molecule has 0 aromatic heterocycles. The number of carboxylic acids is 1. The molecule has 0 aliphatic heterocycles. The summed E-state index contributed by atoms with van der Waals surface area (Å²) >= 11 is 5.79. The van der Waals surface area contributed by atoms with E-state index in [1.165, 1.54) is 18.2 Å². The van der Waals surface area contributed by atoms with Crippen LogP contribution in [0.15, 0.2) is 18.2 Å². The highest BCUT2D eigenvalue weighted by Gasteiger charge is 2.30. The van der Waals surface area contributed by atoms with E-state index in [0.29, 0.717) is 10.6 Å². The van der Waals surface area contributed by atoms with E-state index >= 15 is 0 Å². The number of hydrogen-bond donors (Lipinski definition) is 3. The van der Waals surface area contributed by atoms with Gasteiger partial charge in [-0.15, -0.1) is 0 Å². The fraction of sp³-hybridized carbons (Fsp3) is 0.364. The average molecular weight is 242 g/mol. The highest BCUT2D eigenvalue weighted by Crippen LogP contribution is 2.30. The molecule has 1 unspecified atom stereocenters. The molecule has 1 aromatic carbocycles. The van der Waals surface area contributed by atoms with Gasteiger partial charge in [-0.05, 0) is 31.0 Å². The second-order valence-corrected chi connectivity index (χ2v) is 4.35. The lowest BCUT2D eigenvalue weighted by Crippen LogP contribution is -2.30. The summed E-state index contributed by atoms with van der Waals surface area (Å²) in [6.07, 6.45) is 1.95. The van der Waals surface area contributed by atoms with Gasteiger partial charge in [-0.25, -0.2) is 0 Å². The number of aromatic hydroxyl groups is 1. The molecule has 0 amide bonds. The minimum atomic E-state index is -1.01. The van der Waals surface area contributed by atoms with Gasteiger partial charge in [0, 0.05) is 16.6 Å². The molecule has 0 saturated heterocycles. The molecule has 5 heteroatoms. The van der Waals surface area contributed by atoms with Crippen LogP contribution in [0.2, 0.25) is 5.02 Å². The van der Waals surface area contributed by atoms with Crippen molar-refractivity contribution >= 4 is 17.6 Å². The first-order valence-electron chi connectivity index (χ1n) is 5.05. The lowest BCUT2D eigenvalue weighted by molar-refractivity contribution is -0.139. The van der Waals surface area contributed by atoms with Crippen LogP contribution in [-0.2, 0) is 4.79 Å². The predicted molar refractivity (Wildman–Crippen MR) is 59.7 cm³/mol. The minimum absolute atomic E-state index is 0.0510. The van der Waals surface area contributed by atoms with Gasteiger partial charge >= 0.3 is 5.97 Å². The SMILES string of the molecule is O=C(O)C(NC1CC1)c1cc(Cl)ccc1O. The van der Waals surface area contributed by atoms with Crippen molar-refractivity contribution in [2.75, 3.05) is 0 Å². The smallest absolute Gasteiger partial charge is 0.325 e. The van der Waals surface area contributed by atoms with E-state index < -0.39 is 12.0 Å². The first kappa shape index (κ1) is 11.2. The zero-order chi connectivity index (χ0) is 11.7. The number of aliphatic carboxylic acids is 1. The Morgan fingerprint density at radius 1 is 1.50 bits per heavy atom. The van der Waals surface area contributed by atoms with Crippen molar-refractivity contribution in [1.82, 2.24) is 5.32 Å². The van der Waals surface area contributed by atoms with Gasteiger partial charge in [0.25, 0.3) is 0 Å². The summed E-state index contributed by atoms with van der Waals surface area (Å²) in [4.78, 5) is 11.1. The van der Waals surface area contributed by atoms with Crippen molar-refractivity contribution in [2.24, 2.45) is 0 Å². The maximum Gasteiger partial charge on any atom is 0.325 e. The van der Waals surface area contributed by atoms with E-state index in [0.717, 1.165) is 12.8 Å². The number of nitrogens with one attached hydrogen (secondary N) is 1. The van der Waals surface area contributed by atoms with Crippen LogP contribution in [0, 0.1) is 0 Å². The van der Waals surface area contributed by atoms with Crippen molar-refractivity contribution in [1.29, 1.82) is 0 Å². The molecule has 1 saturated carbocycles. The molecular formula is C11H12ClNO3. The molecule has 1 atom stereocenters. The van der Waals surface area contributed by atoms with Gasteiger partial charge in [0.2, 0.25) is 0 Å². The van der Waals surface area contributed by atoms with E-state index in [2.05, 4.69) is 5.32 Å². The van der Waals surface area contributed by atoms with Crippen molar-refractivity contribution in [2.45, 2.75) is 24.9 Å². The third-order valence-corrected chi connectivity index (χ3v) is 2.76. The Labute approximate surface area is 97.9 Å². The number of phenolic OH excluding ortho intramolecular Hbond substituents is 1. The number of benzene rings is 1. The van der Waals surface area contributed by atoms with Gasteiger partial charge in [-0.3, -0.25) is 10.1 Å². The van der Waals surface area contributed by atoms with Crippen LogP contribution in [0.3, 0.4) is 0 Å². The monoisotopic (exact) mass is 241 g/mol. The topological polar surface area (TPSA) is 69.6 Å². The quantitative estimate of drug-likeness (QED) is 0.753. The molecule has 16 heavy (non-hydrogen) atoms. The van der Waals surface area contributed by atoms with Crippen molar-refractivity contribution < 1.29 is 15.0 Å². The van der Waals surface area contributed by atoms with E-state index in [-0.39, 0.29) is 11.8 Å². The Hall–Kier alpha value is -1.26. The van der Waals surface area contributed by atoms with Gasteiger partial charge in [0.05, 0.1) is 0 Å². The highest BCUT2D eigenvalue weighted by molar-refractivity contribution is 6.30. The zero-order valence-corrected chi connectivity index (χ0v) is 9.24. The van der Waals surface area contributed by atoms with Crippen LogP contribution in [0.1, 0.15) is 24.4 Å². The summed E-state index contributed by atoms with van der Waals surface area (Å²) in [5, 5.41) is 22.1. The molecule has 1 aromatic rings. The fourth-order valence-corrected chi connectivity index (χ4v) is 1.72. The van der Waals surface area contributed by atoms with Crippen LogP contribution >= 0.6 is 11.6 Å². The van der Waals surface area contributed by atoms with Crippen LogP contribution < -0.4 is 5.32 Å². The van der Waals surface area contributed by atoms with Gasteiger partial charge in [0.15, 0.2) is 0 Å². The largest absolute Gasteiger partial charge is 0.508 e. The van der Waals surface area contributed by atoms with Crippen LogP contribution in [0.25, 0.3) is 0 Å². The number of halogens is 1. The summed E-state index contributed by atoms with van der Waals surface area (Å²) in [6, 6.07) is 3.75. The second kappa shape index (κ2) is 4.31. The van der Waals surface area contributed by atoms with Crippen LogP contribution in [-0.4, -0.2) is 22.2 Å². The zero-order valence-electron chi connectivity index (χ0n) is 8.48. The first-order valence-corrected chi connectivity index (χ1v) is 5.43. The fourth-order valence-electron chi connectivity index (χ4n) is 1.54. The van der Waals surface area contributed by atoms with Crippen molar-refractivity contribution in [3.8, 4) is 5.75 Å². The Morgan fingerprint density at radius 3 is 2.75 bits per heavy atom. The van der Waals surface area contributed by atoms with E-state index in [9.17, 15) is 9.90 Å². The predicted octanol–water partition coefficient (Wildman–Crippen LogP) is 1.92. The van der Waals surface area contributed by atoms with E-state index in [1.807, 2.05) is 0 Å². The first-order chi connectivity index (χ1) is 7.58. The number of rotatable bonds is 4. The second-order valence-electron chi connectivity index (χ2n) is 3.92. The van der Waals surface area contributed by atoms with Crippen LogP contribution in [0.4, 0.5) is 0 Å². The standard InChI is InChI=1S/C11H12ClNO3/c12-6-1-4-9(14)8(5-6)10(11(15)16)13-7-2-3-7/h1,4-5,7,10,13-14H,2-3H2,(H,15,16). The van der Waals surface area contributed by atoms with Gasteiger partial charge < -0.3 is 10.2 Å². The third kappa shape index (κ3) is 2.46. The van der Waals surface area contributed by atoms with Gasteiger partial charge in [-0.1, -0.05) is 11.6 Å². The molecule has 0 heterocycles. The van der Waals surface area contributed by atoms with Crippen molar-refractivity contribution in [3.63, 3.8) is 0 Å². The Bertz CT molecular complexity index is 418. The summed E-state index contributed by atoms with van der Waals surface area (Å²) < 4.78 is 0. The van der Waals surface area contributed by atoms with Crippen LogP contribution in [0.5, 0.6) is 5.75 Å². The summed E-state index contributed by atoms with van der Waals surface area (Å²) in [7, 11) is 0. The van der Waals surface area contributed by atoms with Gasteiger partial charge in [-0.2, -0.15) is 0 Å². The summed E-state index contributed by atoms with van der Waals surface area (Å²) in [5.41, 5.74) is 0.312. The molecule has 0 spiro atoms. The Kier molecular flexibility index (Phi) is 3.03. The molecule has 1 aliphatic rings. The maximum atomic E-state index is 11.1.